The molecule has 0 aliphatic heterocycles. The van der Waals surface area contributed by atoms with Crippen LogP contribution < -0.4 is 11.1 Å². The zero-order chi connectivity index (χ0) is 12.2. The largest absolute Gasteiger partial charge is 0.380 e. The van der Waals surface area contributed by atoms with Crippen LogP contribution in [0.15, 0.2) is 0 Å². The molecule has 0 spiro atoms. The lowest BCUT2D eigenvalue weighted by Gasteiger charge is -2.10. The van der Waals surface area contributed by atoms with Crippen LogP contribution in [0.5, 0.6) is 0 Å². The van der Waals surface area contributed by atoms with E-state index in [0.29, 0.717) is 19.6 Å². The van der Waals surface area contributed by atoms with Crippen molar-refractivity contribution >= 4 is 5.91 Å². The van der Waals surface area contributed by atoms with Gasteiger partial charge in [-0.05, 0) is 12.8 Å². The highest BCUT2D eigenvalue weighted by Crippen LogP contribution is 1.97. The van der Waals surface area contributed by atoms with Crippen molar-refractivity contribution in [3.05, 3.63) is 0 Å². The second-order valence-corrected chi connectivity index (χ2v) is 4.07. The molecule has 4 heteroatoms. The van der Waals surface area contributed by atoms with Gasteiger partial charge in [0.2, 0.25) is 5.91 Å². The molecule has 96 valence electrons. The van der Waals surface area contributed by atoms with Crippen molar-refractivity contribution in [1.82, 2.24) is 5.32 Å². The fourth-order valence-corrected chi connectivity index (χ4v) is 1.39. The molecule has 0 saturated heterocycles. The summed E-state index contributed by atoms with van der Waals surface area (Å²) in [5, 5.41) is 2.80. The van der Waals surface area contributed by atoms with Crippen molar-refractivity contribution in [3.8, 4) is 0 Å². The molecular formula is C12H26N2O2. The van der Waals surface area contributed by atoms with Gasteiger partial charge in [0.25, 0.3) is 0 Å². The second kappa shape index (κ2) is 10.9. The van der Waals surface area contributed by atoms with Crippen LogP contribution in [0.25, 0.3) is 0 Å². The third-order valence-corrected chi connectivity index (χ3v) is 2.32. The van der Waals surface area contributed by atoms with Crippen LogP contribution in [0.2, 0.25) is 0 Å². The number of nitrogens with one attached hydrogen (secondary N) is 1. The maximum absolute atomic E-state index is 11.4. The highest BCUT2D eigenvalue weighted by atomic mass is 16.5. The Balaban J connectivity index is 3.30. The quantitative estimate of drug-likeness (QED) is 0.558. The Kier molecular flexibility index (Phi) is 10.5. The van der Waals surface area contributed by atoms with Gasteiger partial charge in [0.15, 0.2) is 0 Å². The van der Waals surface area contributed by atoms with E-state index in [1.807, 2.05) is 0 Å². The SMILES string of the molecule is CCCCOCCNC(=O)CC(N)CCC. The maximum Gasteiger partial charge on any atom is 0.221 e. The number of hydrogen-bond donors (Lipinski definition) is 2. The van der Waals surface area contributed by atoms with Gasteiger partial charge in [0.05, 0.1) is 6.61 Å². The van der Waals surface area contributed by atoms with Gasteiger partial charge >= 0.3 is 0 Å². The van der Waals surface area contributed by atoms with Crippen molar-refractivity contribution in [2.75, 3.05) is 19.8 Å². The van der Waals surface area contributed by atoms with Crippen LogP contribution >= 0.6 is 0 Å². The first-order valence-corrected chi connectivity index (χ1v) is 6.30. The lowest BCUT2D eigenvalue weighted by molar-refractivity contribution is -0.121. The molecule has 16 heavy (non-hydrogen) atoms. The summed E-state index contributed by atoms with van der Waals surface area (Å²) in [4.78, 5) is 11.4. The fourth-order valence-electron chi connectivity index (χ4n) is 1.39. The minimum Gasteiger partial charge on any atom is -0.380 e. The lowest BCUT2D eigenvalue weighted by atomic mass is 10.1. The molecule has 0 aliphatic carbocycles. The molecule has 0 aromatic heterocycles. The average molecular weight is 230 g/mol. The Morgan fingerprint density at radius 2 is 2.06 bits per heavy atom. The van der Waals surface area contributed by atoms with Crippen LogP contribution in [0, 0.1) is 0 Å². The number of ether oxygens (including phenoxy) is 1. The molecule has 0 radical (unpaired) electrons. The van der Waals surface area contributed by atoms with Crippen molar-refractivity contribution in [2.45, 2.75) is 52.0 Å². The number of carbonyl (C=O) groups excluding carboxylic acids is 1. The number of rotatable bonds is 10. The summed E-state index contributed by atoms with van der Waals surface area (Å²) < 4.78 is 5.33. The van der Waals surface area contributed by atoms with E-state index >= 15 is 0 Å². The predicted molar refractivity (Wildman–Crippen MR) is 66.2 cm³/mol. The Bertz CT molecular complexity index is 174. The van der Waals surface area contributed by atoms with Crippen molar-refractivity contribution < 1.29 is 9.53 Å². The number of unbranched alkanes of at least 4 members (excludes halogenated alkanes) is 1. The molecule has 0 fully saturated rings. The topological polar surface area (TPSA) is 64.3 Å². The molecule has 0 aliphatic rings. The summed E-state index contributed by atoms with van der Waals surface area (Å²) in [5.41, 5.74) is 5.76. The summed E-state index contributed by atoms with van der Waals surface area (Å²) >= 11 is 0. The fraction of sp³-hybridized carbons (Fsp3) is 0.917. The van der Waals surface area contributed by atoms with Crippen LogP contribution in [0.1, 0.15) is 46.0 Å². The first-order chi connectivity index (χ1) is 7.70. The normalized spacial score (nSPS) is 12.4. The first kappa shape index (κ1) is 15.4. The third-order valence-electron chi connectivity index (χ3n) is 2.32. The van der Waals surface area contributed by atoms with Gasteiger partial charge in [0.1, 0.15) is 0 Å². The molecule has 4 nitrogen and oxygen atoms in total. The highest BCUT2D eigenvalue weighted by Gasteiger charge is 2.07. The van der Waals surface area contributed by atoms with Crippen molar-refractivity contribution in [3.63, 3.8) is 0 Å². The monoisotopic (exact) mass is 230 g/mol. The first-order valence-electron chi connectivity index (χ1n) is 6.30. The summed E-state index contributed by atoms with van der Waals surface area (Å²) in [5.74, 6) is 0.0278. The lowest BCUT2D eigenvalue weighted by Crippen LogP contribution is -2.33. The van der Waals surface area contributed by atoms with E-state index in [9.17, 15) is 4.79 Å². The van der Waals surface area contributed by atoms with E-state index in [1.54, 1.807) is 0 Å². The number of amides is 1. The van der Waals surface area contributed by atoms with Gasteiger partial charge in [-0.3, -0.25) is 4.79 Å². The number of nitrogens with two attached hydrogens (primary N) is 1. The van der Waals surface area contributed by atoms with Gasteiger partial charge in [-0.25, -0.2) is 0 Å². The molecule has 0 bridgehead atoms. The Morgan fingerprint density at radius 3 is 2.69 bits per heavy atom. The summed E-state index contributed by atoms with van der Waals surface area (Å²) in [6.07, 6.45) is 4.56. The molecule has 3 N–H and O–H groups in total. The molecule has 0 aromatic rings. The smallest absolute Gasteiger partial charge is 0.221 e. The Hall–Kier alpha value is -0.610. The maximum atomic E-state index is 11.4. The van der Waals surface area contributed by atoms with E-state index in [-0.39, 0.29) is 11.9 Å². The predicted octanol–water partition coefficient (Wildman–Crippen LogP) is 1.44. The number of hydrogen-bond acceptors (Lipinski definition) is 3. The van der Waals surface area contributed by atoms with Gasteiger partial charge in [-0.1, -0.05) is 26.7 Å². The molecule has 1 amide bonds. The van der Waals surface area contributed by atoms with E-state index in [2.05, 4.69) is 19.2 Å². The van der Waals surface area contributed by atoms with Gasteiger partial charge in [0, 0.05) is 25.6 Å². The molecule has 1 unspecified atom stereocenters. The molecule has 0 saturated carbocycles. The van der Waals surface area contributed by atoms with E-state index < -0.39 is 0 Å². The van der Waals surface area contributed by atoms with Crippen LogP contribution in [0.3, 0.4) is 0 Å². The van der Waals surface area contributed by atoms with E-state index in [1.165, 1.54) is 0 Å². The summed E-state index contributed by atoms with van der Waals surface area (Å²) in [7, 11) is 0. The molecule has 0 rings (SSSR count). The van der Waals surface area contributed by atoms with E-state index in [0.717, 1.165) is 32.3 Å². The molecular weight excluding hydrogens is 204 g/mol. The molecule has 1 atom stereocenters. The standard InChI is InChI=1S/C12H26N2O2/c1-3-5-8-16-9-7-14-12(15)10-11(13)6-4-2/h11H,3-10,13H2,1-2H3,(H,14,15). The third kappa shape index (κ3) is 9.93. The Morgan fingerprint density at radius 1 is 1.31 bits per heavy atom. The van der Waals surface area contributed by atoms with Gasteiger partial charge in [-0.2, -0.15) is 0 Å². The molecule has 0 heterocycles. The average Bonchev–Trinajstić information content (AvgIpc) is 2.23. The summed E-state index contributed by atoms with van der Waals surface area (Å²) in [6.45, 7) is 6.15. The van der Waals surface area contributed by atoms with Gasteiger partial charge in [-0.15, -0.1) is 0 Å². The van der Waals surface area contributed by atoms with Crippen molar-refractivity contribution in [1.29, 1.82) is 0 Å². The zero-order valence-electron chi connectivity index (χ0n) is 10.6. The van der Waals surface area contributed by atoms with Gasteiger partial charge < -0.3 is 15.8 Å². The highest BCUT2D eigenvalue weighted by molar-refractivity contribution is 5.76. The second-order valence-electron chi connectivity index (χ2n) is 4.07. The minimum absolute atomic E-state index is 0.00832. The molecule has 0 aromatic carbocycles. The number of carbonyl (C=O) groups is 1. The Labute approximate surface area is 98.9 Å². The van der Waals surface area contributed by atoms with Crippen LogP contribution in [0.4, 0.5) is 0 Å². The van der Waals surface area contributed by atoms with Crippen molar-refractivity contribution in [2.24, 2.45) is 5.73 Å². The van der Waals surface area contributed by atoms with Crippen LogP contribution in [-0.4, -0.2) is 31.7 Å². The minimum atomic E-state index is -0.00832. The zero-order valence-corrected chi connectivity index (χ0v) is 10.6. The van der Waals surface area contributed by atoms with Crippen LogP contribution in [-0.2, 0) is 9.53 Å². The summed E-state index contributed by atoms with van der Waals surface area (Å²) in [6, 6.07) is -0.00832. The van der Waals surface area contributed by atoms with E-state index in [4.69, 9.17) is 10.5 Å².